The predicted octanol–water partition coefficient (Wildman–Crippen LogP) is 4.13. The molecule has 6 nitrogen and oxygen atoms in total. The largest absolute Gasteiger partial charge is 0.573 e. The first kappa shape index (κ1) is 19.6. The Balaban J connectivity index is 1.35. The van der Waals surface area contributed by atoms with E-state index in [0.29, 0.717) is 37.6 Å². The molecular formula is C18H15F3N4O2S2. The van der Waals surface area contributed by atoms with Crippen LogP contribution in [0.15, 0.2) is 41.8 Å². The number of piperazine rings is 1. The summed E-state index contributed by atoms with van der Waals surface area (Å²) in [5.74, 6) is 0.135. The molecule has 1 aromatic carbocycles. The molecule has 0 bridgehead atoms. The topological polar surface area (TPSA) is 58.6 Å². The number of thiophene rings is 1. The Labute approximate surface area is 172 Å². The Kier molecular flexibility index (Phi) is 5.41. The molecule has 3 heterocycles. The van der Waals surface area contributed by atoms with Gasteiger partial charge in [-0.1, -0.05) is 6.07 Å². The highest BCUT2D eigenvalue weighted by Gasteiger charge is 2.31. The molecule has 3 aromatic rings. The number of halogens is 3. The molecule has 0 unspecified atom stereocenters. The number of alkyl halides is 3. The monoisotopic (exact) mass is 440 g/mol. The van der Waals surface area contributed by atoms with Crippen LogP contribution < -0.4 is 9.64 Å². The minimum Gasteiger partial charge on any atom is -0.406 e. The lowest BCUT2D eigenvalue weighted by Crippen LogP contribution is -2.48. The standard InChI is InChI=1S/C18H15F3N4O2S2/c19-18(20,21)27-13-5-3-12(4-6-13)16(26)24-7-9-25(10-8-24)17-22-15(23-29-17)14-2-1-11-28-14/h1-6,11H,7-10H2. The van der Waals surface area contributed by atoms with Crippen LogP contribution in [-0.2, 0) is 0 Å². The van der Waals surface area contributed by atoms with Gasteiger partial charge in [0.2, 0.25) is 5.13 Å². The summed E-state index contributed by atoms with van der Waals surface area (Å²) >= 11 is 2.91. The van der Waals surface area contributed by atoms with Gasteiger partial charge in [-0.25, -0.2) is 0 Å². The van der Waals surface area contributed by atoms with Crippen LogP contribution in [0.3, 0.4) is 0 Å². The number of carbonyl (C=O) groups excluding carboxylic acids is 1. The molecule has 0 radical (unpaired) electrons. The molecule has 0 saturated carbocycles. The fourth-order valence-electron chi connectivity index (χ4n) is 2.93. The maximum absolute atomic E-state index is 12.6. The quantitative estimate of drug-likeness (QED) is 0.611. The Morgan fingerprint density at radius 3 is 2.41 bits per heavy atom. The van der Waals surface area contributed by atoms with Crippen molar-refractivity contribution >= 4 is 33.9 Å². The third kappa shape index (κ3) is 4.67. The average molecular weight is 440 g/mol. The molecule has 29 heavy (non-hydrogen) atoms. The molecule has 0 atom stereocenters. The van der Waals surface area contributed by atoms with Crippen molar-refractivity contribution in [3.8, 4) is 16.5 Å². The van der Waals surface area contributed by atoms with Gasteiger partial charge in [-0.3, -0.25) is 4.79 Å². The van der Waals surface area contributed by atoms with Gasteiger partial charge in [-0.2, -0.15) is 9.36 Å². The number of nitrogens with zero attached hydrogens (tertiary/aromatic N) is 4. The fraction of sp³-hybridized carbons (Fsp3) is 0.278. The number of aromatic nitrogens is 2. The number of hydrogen-bond acceptors (Lipinski definition) is 7. The molecule has 152 valence electrons. The first-order valence-electron chi connectivity index (χ1n) is 8.67. The van der Waals surface area contributed by atoms with Crippen LogP contribution in [0.1, 0.15) is 10.4 Å². The zero-order valence-corrected chi connectivity index (χ0v) is 16.6. The Bertz CT molecular complexity index is 966. The first-order chi connectivity index (χ1) is 13.9. The second kappa shape index (κ2) is 7.99. The molecular weight excluding hydrogens is 425 g/mol. The fourth-order valence-corrected chi connectivity index (χ4v) is 4.38. The van der Waals surface area contributed by atoms with E-state index in [4.69, 9.17) is 0 Å². The predicted molar refractivity (Wildman–Crippen MR) is 104 cm³/mol. The zero-order chi connectivity index (χ0) is 20.4. The molecule has 0 N–H and O–H groups in total. The van der Waals surface area contributed by atoms with Gasteiger partial charge in [0.05, 0.1) is 4.88 Å². The average Bonchev–Trinajstić information content (AvgIpc) is 3.39. The Hall–Kier alpha value is -2.66. The highest BCUT2D eigenvalue weighted by Crippen LogP contribution is 2.28. The van der Waals surface area contributed by atoms with Crippen molar-refractivity contribution < 1.29 is 22.7 Å². The van der Waals surface area contributed by atoms with E-state index in [2.05, 4.69) is 19.0 Å². The molecule has 1 aliphatic heterocycles. The van der Waals surface area contributed by atoms with Gasteiger partial charge < -0.3 is 14.5 Å². The Morgan fingerprint density at radius 1 is 1.07 bits per heavy atom. The van der Waals surface area contributed by atoms with Crippen LogP contribution in [0.25, 0.3) is 10.7 Å². The number of carbonyl (C=O) groups is 1. The minimum absolute atomic E-state index is 0.222. The van der Waals surface area contributed by atoms with Crippen LogP contribution >= 0.6 is 22.9 Å². The van der Waals surface area contributed by atoms with Crippen molar-refractivity contribution in [1.82, 2.24) is 14.3 Å². The van der Waals surface area contributed by atoms with E-state index in [1.807, 2.05) is 17.5 Å². The summed E-state index contributed by atoms with van der Waals surface area (Å²) < 4.78 is 44.9. The van der Waals surface area contributed by atoms with Crippen molar-refractivity contribution in [2.45, 2.75) is 6.36 Å². The second-order valence-electron chi connectivity index (χ2n) is 6.23. The van der Waals surface area contributed by atoms with Crippen molar-refractivity contribution in [3.63, 3.8) is 0 Å². The SMILES string of the molecule is O=C(c1ccc(OC(F)(F)F)cc1)N1CCN(c2nc(-c3cccs3)ns2)CC1. The van der Waals surface area contributed by atoms with Crippen molar-refractivity contribution in [1.29, 1.82) is 0 Å². The minimum atomic E-state index is -4.75. The lowest BCUT2D eigenvalue weighted by molar-refractivity contribution is -0.274. The number of ether oxygens (including phenoxy) is 1. The summed E-state index contributed by atoms with van der Waals surface area (Å²) in [4.78, 5) is 22.0. The Morgan fingerprint density at radius 2 is 1.79 bits per heavy atom. The van der Waals surface area contributed by atoms with Gasteiger partial charge in [-0.15, -0.1) is 24.5 Å². The molecule has 4 rings (SSSR count). The van der Waals surface area contributed by atoms with Crippen molar-refractivity contribution in [3.05, 3.63) is 47.3 Å². The maximum atomic E-state index is 12.6. The third-order valence-electron chi connectivity index (χ3n) is 4.33. The highest BCUT2D eigenvalue weighted by molar-refractivity contribution is 7.14. The van der Waals surface area contributed by atoms with E-state index >= 15 is 0 Å². The van der Waals surface area contributed by atoms with Gasteiger partial charge in [0.25, 0.3) is 5.91 Å². The van der Waals surface area contributed by atoms with E-state index in [0.717, 1.165) is 22.1 Å². The van der Waals surface area contributed by atoms with Crippen molar-refractivity contribution in [2.75, 3.05) is 31.1 Å². The second-order valence-corrected chi connectivity index (χ2v) is 7.91. The third-order valence-corrected chi connectivity index (χ3v) is 5.97. The molecule has 2 aromatic heterocycles. The van der Waals surface area contributed by atoms with Crippen LogP contribution in [0.5, 0.6) is 5.75 Å². The maximum Gasteiger partial charge on any atom is 0.573 e. The van der Waals surface area contributed by atoms with Crippen LogP contribution in [0.2, 0.25) is 0 Å². The summed E-state index contributed by atoms with van der Waals surface area (Å²) in [5.41, 5.74) is 0.323. The zero-order valence-electron chi connectivity index (χ0n) is 14.9. The van der Waals surface area contributed by atoms with E-state index in [1.54, 1.807) is 16.2 Å². The first-order valence-corrected chi connectivity index (χ1v) is 10.3. The smallest absolute Gasteiger partial charge is 0.406 e. The van der Waals surface area contributed by atoms with Crippen LogP contribution in [0.4, 0.5) is 18.3 Å². The number of benzene rings is 1. The number of anilines is 1. The van der Waals surface area contributed by atoms with Gasteiger partial charge >= 0.3 is 6.36 Å². The summed E-state index contributed by atoms with van der Waals surface area (Å²) in [6.07, 6.45) is -4.75. The van der Waals surface area contributed by atoms with Gasteiger partial charge in [0, 0.05) is 43.3 Å². The molecule has 0 spiro atoms. The number of rotatable bonds is 4. The molecule has 11 heteroatoms. The molecule has 1 saturated heterocycles. The van der Waals surface area contributed by atoms with Crippen LogP contribution in [0, 0.1) is 0 Å². The van der Waals surface area contributed by atoms with E-state index in [9.17, 15) is 18.0 Å². The molecule has 0 aliphatic carbocycles. The summed E-state index contributed by atoms with van der Waals surface area (Å²) in [6.45, 7) is 2.21. The van der Waals surface area contributed by atoms with Gasteiger partial charge in [-0.05, 0) is 35.7 Å². The summed E-state index contributed by atoms with van der Waals surface area (Å²) in [7, 11) is 0. The van der Waals surface area contributed by atoms with E-state index in [-0.39, 0.29) is 11.7 Å². The normalized spacial score (nSPS) is 14.9. The van der Waals surface area contributed by atoms with Crippen molar-refractivity contribution in [2.24, 2.45) is 0 Å². The summed E-state index contributed by atoms with van der Waals surface area (Å²) in [6, 6.07) is 8.89. The molecule has 1 amide bonds. The molecule has 1 fully saturated rings. The number of hydrogen-bond donors (Lipinski definition) is 0. The summed E-state index contributed by atoms with van der Waals surface area (Å²) in [5, 5.41) is 2.79. The lowest BCUT2D eigenvalue weighted by Gasteiger charge is -2.34. The highest BCUT2D eigenvalue weighted by atomic mass is 32.1. The van der Waals surface area contributed by atoms with E-state index < -0.39 is 6.36 Å². The number of amides is 1. The van der Waals surface area contributed by atoms with Crippen LogP contribution in [-0.4, -0.2) is 52.7 Å². The van der Waals surface area contributed by atoms with E-state index in [1.165, 1.54) is 23.7 Å². The van der Waals surface area contributed by atoms with Gasteiger partial charge in [0.1, 0.15) is 5.75 Å². The molecule has 1 aliphatic rings. The van der Waals surface area contributed by atoms with Gasteiger partial charge in [0.15, 0.2) is 5.82 Å². The lowest BCUT2D eigenvalue weighted by atomic mass is 10.1.